The highest BCUT2D eigenvalue weighted by molar-refractivity contribution is 6.02. The smallest absolute Gasteiger partial charge is 0.315 e. The van der Waals surface area contributed by atoms with E-state index < -0.39 is 12.1 Å². The largest absolute Gasteiger partial charge is 0.466 e. The van der Waals surface area contributed by atoms with Crippen molar-refractivity contribution in [3.05, 3.63) is 29.8 Å². The van der Waals surface area contributed by atoms with Gasteiger partial charge in [0.25, 0.3) is 0 Å². The number of nitrogens with one attached hydrogen (secondary N) is 2. The van der Waals surface area contributed by atoms with Crippen LogP contribution in [0.2, 0.25) is 0 Å². The minimum Gasteiger partial charge on any atom is -0.466 e. The summed E-state index contributed by atoms with van der Waals surface area (Å²) in [6.45, 7) is 2.67. The molecule has 146 valence electrons. The number of amides is 3. The van der Waals surface area contributed by atoms with Crippen molar-refractivity contribution in [3.63, 3.8) is 0 Å². The quantitative estimate of drug-likeness (QED) is 0.361. The zero-order valence-corrected chi connectivity index (χ0v) is 15.5. The number of aliphatic imine (C=N–C) groups is 1. The van der Waals surface area contributed by atoms with Crippen LogP contribution in [0.15, 0.2) is 29.3 Å². The highest BCUT2D eigenvalue weighted by Gasteiger charge is 2.33. The first kappa shape index (κ1) is 20.2. The van der Waals surface area contributed by atoms with Crippen LogP contribution in [0.1, 0.15) is 25.3 Å². The van der Waals surface area contributed by atoms with Gasteiger partial charge < -0.3 is 26.0 Å². The third-order valence-corrected chi connectivity index (χ3v) is 4.15. The van der Waals surface area contributed by atoms with E-state index in [1.807, 2.05) is 0 Å². The van der Waals surface area contributed by atoms with E-state index in [0.717, 1.165) is 11.3 Å². The molecule has 1 saturated heterocycles. The van der Waals surface area contributed by atoms with Crippen molar-refractivity contribution in [2.45, 2.75) is 25.8 Å². The molecular formula is C18H25N5O4. The number of benzene rings is 1. The molecule has 1 fully saturated rings. The molecule has 1 heterocycles. The van der Waals surface area contributed by atoms with E-state index in [1.54, 1.807) is 43.1 Å². The number of ether oxygens (including phenoxy) is 1. The van der Waals surface area contributed by atoms with Crippen molar-refractivity contribution in [1.82, 2.24) is 10.6 Å². The molecule has 0 radical (unpaired) electrons. The van der Waals surface area contributed by atoms with Gasteiger partial charge in [0.2, 0.25) is 5.91 Å². The Kier molecular flexibility index (Phi) is 7.16. The van der Waals surface area contributed by atoms with E-state index in [9.17, 15) is 14.4 Å². The summed E-state index contributed by atoms with van der Waals surface area (Å²) in [4.78, 5) is 41.2. The van der Waals surface area contributed by atoms with Crippen molar-refractivity contribution >= 4 is 29.4 Å². The third kappa shape index (κ3) is 5.44. The lowest BCUT2D eigenvalue weighted by atomic mass is 10.2. The van der Waals surface area contributed by atoms with Gasteiger partial charge in [0.1, 0.15) is 11.9 Å². The Bertz CT molecular complexity index is 717. The second kappa shape index (κ2) is 9.56. The van der Waals surface area contributed by atoms with Crippen LogP contribution < -0.4 is 21.3 Å². The molecule has 0 saturated carbocycles. The number of rotatable bonds is 7. The zero-order chi connectivity index (χ0) is 19.8. The number of nitrogens with zero attached hydrogens (tertiary/aromatic N) is 2. The van der Waals surface area contributed by atoms with Gasteiger partial charge in [0.05, 0.1) is 13.0 Å². The molecule has 9 nitrogen and oxygen atoms in total. The van der Waals surface area contributed by atoms with Gasteiger partial charge in [-0.05, 0) is 37.6 Å². The number of hydrogen-bond acceptors (Lipinski definition) is 5. The van der Waals surface area contributed by atoms with E-state index in [-0.39, 0.29) is 24.8 Å². The fourth-order valence-corrected chi connectivity index (χ4v) is 2.73. The molecular weight excluding hydrogens is 350 g/mol. The zero-order valence-electron chi connectivity index (χ0n) is 15.5. The predicted molar refractivity (Wildman–Crippen MR) is 102 cm³/mol. The number of amidine groups is 1. The minimum atomic E-state index is -0.602. The average molecular weight is 375 g/mol. The molecule has 0 unspecified atom stereocenters. The monoisotopic (exact) mass is 375 g/mol. The van der Waals surface area contributed by atoms with Gasteiger partial charge in [-0.2, -0.15) is 0 Å². The van der Waals surface area contributed by atoms with Crippen LogP contribution in [0.5, 0.6) is 0 Å². The molecule has 2 rings (SSSR count). The summed E-state index contributed by atoms with van der Waals surface area (Å²) >= 11 is 0. The molecule has 1 aromatic rings. The number of carbonyl (C=O) groups is 3. The van der Waals surface area contributed by atoms with Gasteiger partial charge in [-0.15, -0.1) is 0 Å². The summed E-state index contributed by atoms with van der Waals surface area (Å²) in [5.41, 5.74) is 7.28. The molecule has 1 atom stereocenters. The Morgan fingerprint density at radius 1 is 1.33 bits per heavy atom. The second-order valence-electron chi connectivity index (χ2n) is 5.94. The highest BCUT2D eigenvalue weighted by atomic mass is 16.5. The van der Waals surface area contributed by atoms with Crippen LogP contribution in [0, 0.1) is 0 Å². The number of urea groups is 1. The summed E-state index contributed by atoms with van der Waals surface area (Å²) in [5.74, 6) is -0.133. The Morgan fingerprint density at radius 2 is 2.04 bits per heavy atom. The van der Waals surface area contributed by atoms with E-state index >= 15 is 0 Å². The van der Waals surface area contributed by atoms with Crippen LogP contribution in [0.4, 0.5) is 10.5 Å². The first-order chi connectivity index (χ1) is 13.0. The SMILES string of the molecule is CCOC(=O)CCNC(=O)N[C@H]1CCN(c2ccc(C(N)=NC)cc2)C1=O. The average Bonchev–Trinajstić information content (AvgIpc) is 3.02. The molecule has 0 aromatic heterocycles. The maximum atomic E-state index is 12.5. The van der Waals surface area contributed by atoms with Crippen LogP contribution in [-0.2, 0) is 14.3 Å². The molecule has 1 aliphatic rings. The second-order valence-corrected chi connectivity index (χ2v) is 5.94. The van der Waals surface area contributed by atoms with Gasteiger partial charge in [-0.25, -0.2) is 4.79 Å². The molecule has 4 N–H and O–H groups in total. The molecule has 9 heteroatoms. The van der Waals surface area contributed by atoms with Crippen LogP contribution in [-0.4, -0.2) is 56.5 Å². The van der Waals surface area contributed by atoms with Crippen molar-refractivity contribution in [1.29, 1.82) is 0 Å². The fraction of sp³-hybridized carbons (Fsp3) is 0.444. The lowest BCUT2D eigenvalue weighted by molar-refractivity contribution is -0.142. The summed E-state index contributed by atoms with van der Waals surface area (Å²) in [5, 5.41) is 5.19. The van der Waals surface area contributed by atoms with Crippen LogP contribution >= 0.6 is 0 Å². The molecule has 1 aromatic carbocycles. The van der Waals surface area contributed by atoms with Gasteiger partial charge in [0, 0.05) is 31.4 Å². The Balaban J connectivity index is 1.85. The summed E-state index contributed by atoms with van der Waals surface area (Å²) in [6.07, 6.45) is 0.590. The Labute approximate surface area is 157 Å². The summed E-state index contributed by atoms with van der Waals surface area (Å²) < 4.78 is 4.78. The Hall–Kier alpha value is -3.10. The topological polar surface area (TPSA) is 126 Å². The number of nitrogens with two attached hydrogens (primary N) is 1. The summed E-state index contributed by atoms with van der Waals surface area (Å²) in [6, 6.07) is 6.11. The maximum absolute atomic E-state index is 12.5. The predicted octanol–water partition coefficient (Wildman–Crippen LogP) is 0.379. The van der Waals surface area contributed by atoms with Crippen molar-refractivity contribution < 1.29 is 19.1 Å². The number of esters is 1. The number of anilines is 1. The number of carbonyl (C=O) groups excluding carboxylic acids is 3. The maximum Gasteiger partial charge on any atom is 0.315 e. The summed E-state index contributed by atoms with van der Waals surface area (Å²) in [7, 11) is 1.61. The van der Waals surface area contributed by atoms with Gasteiger partial charge in [0.15, 0.2) is 0 Å². The molecule has 27 heavy (non-hydrogen) atoms. The van der Waals surface area contributed by atoms with E-state index in [2.05, 4.69) is 15.6 Å². The van der Waals surface area contributed by atoms with E-state index in [1.165, 1.54) is 0 Å². The minimum absolute atomic E-state index is 0.0859. The molecule has 3 amide bonds. The molecule has 0 aliphatic carbocycles. The molecule has 0 bridgehead atoms. The van der Waals surface area contributed by atoms with Crippen molar-refractivity contribution in [2.75, 3.05) is 31.6 Å². The fourth-order valence-electron chi connectivity index (χ4n) is 2.73. The van der Waals surface area contributed by atoms with E-state index in [0.29, 0.717) is 25.4 Å². The van der Waals surface area contributed by atoms with Gasteiger partial charge in [-0.1, -0.05) is 0 Å². The highest BCUT2D eigenvalue weighted by Crippen LogP contribution is 2.22. The van der Waals surface area contributed by atoms with E-state index in [4.69, 9.17) is 10.5 Å². The lowest BCUT2D eigenvalue weighted by Crippen LogP contribution is -2.46. The molecule has 1 aliphatic heterocycles. The number of hydrogen-bond donors (Lipinski definition) is 3. The first-order valence-electron chi connectivity index (χ1n) is 8.80. The van der Waals surface area contributed by atoms with Crippen molar-refractivity contribution in [3.8, 4) is 0 Å². The third-order valence-electron chi connectivity index (χ3n) is 4.15. The normalized spacial score (nSPS) is 17.0. The van der Waals surface area contributed by atoms with Gasteiger partial charge >= 0.3 is 12.0 Å². The molecule has 0 spiro atoms. The van der Waals surface area contributed by atoms with Gasteiger partial charge in [-0.3, -0.25) is 14.6 Å². The standard InChI is InChI=1S/C18H25N5O4/c1-3-27-15(24)8-10-21-18(26)22-14-9-11-23(17(14)25)13-6-4-12(5-7-13)16(19)20-2/h4-7,14H,3,8-11H2,1-2H3,(H2,19,20)(H2,21,22,26)/t14-/m0/s1. The first-order valence-corrected chi connectivity index (χ1v) is 8.80. The lowest BCUT2D eigenvalue weighted by Gasteiger charge is -2.18. The van der Waals surface area contributed by atoms with Crippen LogP contribution in [0.3, 0.4) is 0 Å². The van der Waals surface area contributed by atoms with Crippen LogP contribution in [0.25, 0.3) is 0 Å². The Morgan fingerprint density at radius 3 is 2.67 bits per heavy atom. The van der Waals surface area contributed by atoms with Crippen molar-refractivity contribution in [2.24, 2.45) is 10.7 Å².